The minimum absolute atomic E-state index is 0.0941. The SMILES string of the molecule is CCc1cc(C(=O)C2CN(Cc3ccc(OC)cc3)C2)ccc1N. The lowest BCUT2D eigenvalue weighted by Crippen LogP contribution is -2.49. The molecule has 4 nitrogen and oxygen atoms in total. The monoisotopic (exact) mass is 324 g/mol. The van der Waals surface area contributed by atoms with Gasteiger partial charge in [0.05, 0.1) is 7.11 Å². The lowest BCUT2D eigenvalue weighted by atomic mass is 9.89. The highest BCUT2D eigenvalue weighted by Gasteiger charge is 2.33. The summed E-state index contributed by atoms with van der Waals surface area (Å²) in [6, 6.07) is 13.7. The van der Waals surface area contributed by atoms with Crippen molar-refractivity contribution in [2.24, 2.45) is 5.92 Å². The molecule has 1 aliphatic heterocycles. The number of Topliss-reactive ketones (excluding diaryl/α,β-unsaturated/α-hetero) is 1. The molecule has 1 fully saturated rings. The summed E-state index contributed by atoms with van der Waals surface area (Å²) in [5.74, 6) is 1.19. The van der Waals surface area contributed by atoms with E-state index in [4.69, 9.17) is 10.5 Å². The molecule has 0 aliphatic carbocycles. The molecule has 2 aromatic carbocycles. The van der Waals surface area contributed by atoms with Gasteiger partial charge in [0.1, 0.15) is 5.75 Å². The van der Waals surface area contributed by atoms with Crippen LogP contribution in [0.4, 0.5) is 5.69 Å². The van der Waals surface area contributed by atoms with Crippen LogP contribution in [0.5, 0.6) is 5.75 Å². The number of carbonyl (C=O) groups excluding carboxylic acids is 1. The summed E-state index contributed by atoms with van der Waals surface area (Å²) in [5.41, 5.74) is 9.77. The average molecular weight is 324 g/mol. The van der Waals surface area contributed by atoms with Gasteiger partial charge in [0.25, 0.3) is 0 Å². The molecular weight excluding hydrogens is 300 g/mol. The highest BCUT2D eigenvalue weighted by molar-refractivity contribution is 5.99. The molecule has 2 N–H and O–H groups in total. The van der Waals surface area contributed by atoms with Crippen LogP contribution in [0.1, 0.15) is 28.4 Å². The van der Waals surface area contributed by atoms with Gasteiger partial charge < -0.3 is 10.5 Å². The molecule has 1 aliphatic rings. The topological polar surface area (TPSA) is 55.6 Å². The number of nitrogen functional groups attached to an aromatic ring is 1. The first-order chi connectivity index (χ1) is 11.6. The van der Waals surface area contributed by atoms with Crippen LogP contribution in [0.25, 0.3) is 0 Å². The molecule has 0 unspecified atom stereocenters. The van der Waals surface area contributed by atoms with Crippen LogP contribution in [-0.4, -0.2) is 30.9 Å². The number of hydrogen-bond donors (Lipinski definition) is 1. The van der Waals surface area contributed by atoms with Crippen LogP contribution in [0.2, 0.25) is 0 Å². The van der Waals surface area contributed by atoms with Crippen molar-refractivity contribution < 1.29 is 9.53 Å². The Hall–Kier alpha value is -2.33. The van der Waals surface area contributed by atoms with Crippen molar-refractivity contribution in [2.45, 2.75) is 19.9 Å². The van der Waals surface area contributed by atoms with Gasteiger partial charge in [0.2, 0.25) is 0 Å². The largest absolute Gasteiger partial charge is 0.497 e. The van der Waals surface area contributed by atoms with Crippen LogP contribution in [0, 0.1) is 5.92 Å². The van der Waals surface area contributed by atoms with Crippen molar-refractivity contribution >= 4 is 11.5 Å². The maximum absolute atomic E-state index is 12.6. The average Bonchev–Trinajstić information content (AvgIpc) is 2.58. The summed E-state index contributed by atoms with van der Waals surface area (Å²) in [6.07, 6.45) is 0.848. The number of aryl methyl sites for hydroxylation is 1. The normalized spacial score (nSPS) is 15.1. The van der Waals surface area contributed by atoms with E-state index < -0.39 is 0 Å². The maximum Gasteiger partial charge on any atom is 0.168 e. The van der Waals surface area contributed by atoms with Crippen LogP contribution in [0.3, 0.4) is 0 Å². The highest BCUT2D eigenvalue weighted by atomic mass is 16.5. The zero-order valence-electron chi connectivity index (χ0n) is 14.3. The second-order valence-electron chi connectivity index (χ2n) is 6.37. The molecule has 1 saturated heterocycles. The van der Waals surface area contributed by atoms with Crippen LogP contribution in [-0.2, 0) is 13.0 Å². The lowest BCUT2D eigenvalue weighted by molar-refractivity contribution is 0.0595. The number of ketones is 1. The quantitative estimate of drug-likeness (QED) is 0.655. The fourth-order valence-electron chi connectivity index (χ4n) is 3.15. The number of ether oxygens (including phenoxy) is 1. The van der Waals surface area contributed by atoms with E-state index in [1.165, 1.54) is 5.56 Å². The van der Waals surface area contributed by atoms with Gasteiger partial charge in [0, 0.05) is 36.8 Å². The predicted octanol–water partition coefficient (Wildman–Crippen LogP) is 3.15. The highest BCUT2D eigenvalue weighted by Crippen LogP contribution is 2.25. The van der Waals surface area contributed by atoms with E-state index >= 15 is 0 Å². The Kier molecular flexibility index (Phi) is 4.86. The molecule has 2 aromatic rings. The molecule has 0 atom stereocenters. The summed E-state index contributed by atoms with van der Waals surface area (Å²) in [4.78, 5) is 14.9. The van der Waals surface area contributed by atoms with Crippen molar-refractivity contribution in [1.82, 2.24) is 4.90 Å². The molecule has 0 spiro atoms. The van der Waals surface area contributed by atoms with Crippen molar-refractivity contribution in [3.63, 3.8) is 0 Å². The molecule has 126 valence electrons. The molecular formula is C20H24N2O2. The Labute approximate surface area is 143 Å². The second kappa shape index (κ2) is 7.05. The molecule has 0 saturated carbocycles. The number of nitrogens with zero attached hydrogens (tertiary/aromatic N) is 1. The smallest absolute Gasteiger partial charge is 0.168 e. The van der Waals surface area contributed by atoms with Gasteiger partial charge in [-0.2, -0.15) is 0 Å². The van der Waals surface area contributed by atoms with Crippen molar-refractivity contribution in [2.75, 3.05) is 25.9 Å². The summed E-state index contributed by atoms with van der Waals surface area (Å²) in [7, 11) is 1.67. The van der Waals surface area contributed by atoms with E-state index in [-0.39, 0.29) is 11.7 Å². The van der Waals surface area contributed by atoms with Gasteiger partial charge in [0.15, 0.2) is 5.78 Å². The fourth-order valence-corrected chi connectivity index (χ4v) is 3.15. The molecule has 3 rings (SSSR count). The molecule has 0 aromatic heterocycles. The van der Waals surface area contributed by atoms with E-state index in [2.05, 4.69) is 24.0 Å². The Morgan fingerprint density at radius 2 is 1.92 bits per heavy atom. The number of hydrogen-bond acceptors (Lipinski definition) is 4. The first kappa shape index (κ1) is 16.5. The Bertz CT molecular complexity index is 719. The summed E-state index contributed by atoms with van der Waals surface area (Å²) in [6.45, 7) is 4.56. The van der Waals surface area contributed by atoms with Gasteiger partial charge >= 0.3 is 0 Å². The van der Waals surface area contributed by atoms with Crippen molar-refractivity contribution in [3.05, 3.63) is 59.2 Å². The fraction of sp³-hybridized carbons (Fsp3) is 0.350. The summed E-state index contributed by atoms with van der Waals surface area (Å²) < 4.78 is 5.17. The zero-order chi connectivity index (χ0) is 17.1. The number of rotatable bonds is 6. The molecule has 0 bridgehead atoms. The lowest BCUT2D eigenvalue weighted by Gasteiger charge is -2.38. The third-order valence-electron chi connectivity index (χ3n) is 4.70. The minimum atomic E-state index is 0.0941. The van der Waals surface area contributed by atoms with Gasteiger partial charge in [-0.3, -0.25) is 9.69 Å². The van der Waals surface area contributed by atoms with Crippen LogP contribution in [0.15, 0.2) is 42.5 Å². The number of benzene rings is 2. The first-order valence-electron chi connectivity index (χ1n) is 8.38. The number of nitrogens with two attached hydrogens (primary N) is 1. The molecule has 24 heavy (non-hydrogen) atoms. The number of likely N-dealkylation sites (tertiary alicyclic amines) is 1. The van der Waals surface area contributed by atoms with E-state index in [1.807, 2.05) is 30.3 Å². The number of anilines is 1. The van der Waals surface area contributed by atoms with E-state index in [0.29, 0.717) is 0 Å². The first-order valence-corrected chi connectivity index (χ1v) is 8.38. The van der Waals surface area contributed by atoms with Crippen molar-refractivity contribution in [1.29, 1.82) is 0 Å². The summed E-state index contributed by atoms with van der Waals surface area (Å²) >= 11 is 0. The zero-order valence-corrected chi connectivity index (χ0v) is 14.3. The minimum Gasteiger partial charge on any atom is -0.497 e. The standard InChI is InChI=1S/C20H24N2O2/c1-3-15-10-16(6-9-19(15)21)20(23)17-12-22(13-17)11-14-4-7-18(24-2)8-5-14/h4-10,17H,3,11-13,21H2,1-2H3. The molecule has 0 amide bonds. The third kappa shape index (κ3) is 3.44. The summed E-state index contributed by atoms with van der Waals surface area (Å²) in [5, 5.41) is 0. The number of methoxy groups -OCH3 is 1. The molecule has 0 radical (unpaired) electrons. The van der Waals surface area contributed by atoms with Crippen LogP contribution < -0.4 is 10.5 Å². The Morgan fingerprint density at radius 1 is 1.21 bits per heavy atom. The predicted molar refractivity (Wildman–Crippen MR) is 96.3 cm³/mol. The van der Waals surface area contributed by atoms with Crippen LogP contribution >= 0.6 is 0 Å². The van der Waals surface area contributed by atoms with E-state index in [0.717, 1.165) is 48.6 Å². The Morgan fingerprint density at radius 3 is 2.54 bits per heavy atom. The van der Waals surface area contributed by atoms with Gasteiger partial charge in [-0.25, -0.2) is 0 Å². The van der Waals surface area contributed by atoms with Gasteiger partial charge in [-0.15, -0.1) is 0 Å². The van der Waals surface area contributed by atoms with Gasteiger partial charge in [-0.05, 0) is 47.9 Å². The second-order valence-corrected chi connectivity index (χ2v) is 6.37. The maximum atomic E-state index is 12.6. The molecule has 1 heterocycles. The van der Waals surface area contributed by atoms with Crippen molar-refractivity contribution in [3.8, 4) is 5.75 Å². The Balaban J connectivity index is 1.56. The van der Waals surface area contributed by atoms with E-state index in [1.54, 1.807) is 7.11 Å². The molecule has 4 heteroatoms. The number of carbonyl (C=O) groups is 1. The van der Waals surface area contributed by atoms with Gasteiger partial charge in [-0.1, -0.05) is 19.1 Å². The third-order valence-corrected chi connectivity index (χ3v) is 4.70. The van der Waals surface area contributed by atoms with E-state index in [9.17, 15) is 4.79 Å².